The van der Waals surface area contributed by atoms with E-state index in [-0.39, 0.29) is 18.1 Å². The molecule has 1 saturated carbocycles. The average Bonchev–Trinajstić information content (AvgIpc) is 2.84. The minimum Gasteiger partial charge on any atom is -0.364 e. The monoisotopic (exact) mass is 373 g/mol. The zero-order valence-electron chi connectivity index (χ0n) is 17.1. The van der Waals surface area contributed by atoms with Gasteiger partial charge in [0.25, 0.3) is 5.91 Å². The number of amides is 1. The summed E-state index contributed by atoms with van der Waals surface area (Å²) in [4.78, 5) is 14.1. The van der Waals surface area contributed by atoms with E-state index >= 15 is 0 Å². The fraction of sp³-hybridized carbons (Fsp3) is 0.714. The van der Waals surface area contributed by atoms with E-state index in [1.54, 1.807) is 0 Å². The van der Waals surface area contributed by atoms with E-state index in [9.17, 15) is 10.1 Å². The number of anilines is 1. The van der Waals surface area contributed by atoms with Gasteiger partial charge in [-0.05, 0) is 46.1 Å². The van der Waals surface area contributed by atoms with Crippen LogP contribution in [0.15, 0.2) is 0 Å². The lowest BCUT2D eigenvalue weighted by Crippen LogP contribution is -3.16. The normalized spacial score (nSPS) is 26.6. The van der Waals surface area contributed by atoms with Crippen molar-refractivity contribution in [3.05, 3.63) is 16.8 Å². The molecule has 3 rings (SSSR count). The van der Waals surface area contributed by atoms with Crippen molar-refractivity contribution >= 4 is 11.7 Å². The van der Waals surface area contributed by atoms with Crippen LogP contribution in [0.1, 0.15) is 68.8 Å². The van der Waals surface area contributed by atoms with Crippen LogP contribution in [0.25, 0.3) is 0 Å². The van der Waals surface area contributed by atoms with Crippen molar-refractivity contribution in [3.63, 3.8) is 0 Å². The van der Waals surface area contributed by atoms with E-state index < -0.39 is 0 Å². The number of nitriles is 1. The molecule has 6 nitrogen and oxygen atoms in total. The first-order valence-corrected chi connectivity index (χ1v) is 10.3. The Morgan fingerprint density at radius 1 is 1.22 bits per heavy atom. The second-order valence-corrected chi connectivity index (χ2v) is 8.35. The molecule has 1 saturated heterocycles. The van der Waals surface area contributed by atoms with Gasteiger partial charge in [-0.3, -0.25) is 4.79 Å². The molecule has 0 bridgehead atoms. The molecule has 27 heavy (non-hydrogen) atoms. The summed E-state index contributed by atoms with van der Waals surface area (Å²) in [7, 11) is 0. The number of nitrogens with one attached hydrogen (secondary N) is 2. The van der Waals surface area contributed by atoms with Crippen molar-refractivity contribution in [1.82, 2.24) is 4.57 Å². The average molecular weight is 374 g/mol. The van der Waals surface area contributed by atoms with Gasteiger partial charge in [-0.2, -0.15) is 5.26 Å². The Morgan fingerprint density at radius 3 is 2.44 bits per heavy atom. The molecule has 3 atom stereocenters. The molecule has 2 fully saturated rings. The minimum atomic E-state index is -0.0163. The molecular formula is C21H33N4O2+. The Balaban J connectivity index is 1.79. The van der Waals surface area contributed by atoms with Gasteiger partial charge in [0.05, 0.1) is 5.56 Å². The van der Waals surface area contributed by atoms with Crippen LogP contribution in [0.2, 0.25) is 0 Å². The Kier molecular flexibility index (Phi) is 6.23. The maximum Gasteiger partial charge on any atom is 0.280 e. The number of ether oxygens (including phenoxy) is 1. The number of quaternary nitrogens is 1. The SMILES string of the molecule is Cc1c(C#N)c(NC(=O)C[NH+]2C[C@@H](C)O[C@@H](C)C2)n(C2CCCCC2)c1C. The van der Waals surface area contributed by atoms with E-state index in [4.69, 9.17) is 4.74 Å². The first-order chi connectivity index (χ1) is 12.9. The first kappa shape index (κ1) is 19.9. The molecule has 1 unspecified atom stereocenters. The summed E-state index contributed by atoms with van der Waals surface area (Å²) in [6.45, 7) is 10.3. The molecule has 1 aliphatic heterocycles. The zero-order chi connectivity index (χ0) is 19.6. The van der Waals surface area contributed by atoms with Crippen LogP contribution in [-0.4, -0.2) is 42.3 Å². The number of rotatable bonds is 4. The Labute approximate surface area is 162 Å². The molecule has 2 heterocycles. The highest BCUT2D eigenvalue weighted by molar-refractivity contribution is 5.92. The van der Waals surface area contributed by atoms with Crippen LogP contribution in [0.5, 0.6) is 0 Å². The third-order valence-corrected chi connectivity index (χ3v) is 6.09. The summed E-state index contributed by atoms with van der Waals surface area (Å²) in [5.41, 5.74) is 2.71. The highest BCUT2D eigenvalue weighted by Crippen LogP contribution is 2.36. The molecule has 0 spiro atoms. The fourth-order valence-electron chi connectivity index (χ4n) is 4.82. The summed E-state index contributed by atoms with van der Waals surface area (Å²) in [5.74, 6) is 0.690. The molecule has 6 heteroatoms. The molecular weight excluding hydrogens is 340 g/mol. The maximum atomic E-state index is 12.8. The topological polar surface area (TPSA) is 71.5 Å². The van der Waals surface area contributed by atoms with Crippen LogP contribution in [0.3, 0.4) is 0 Å². The highest BCUT2D eigenvalue weighted by atomic mass is 16.5. The second kappa shape index (κ2) is 8.45. The van der Waals surface area contributed by atoms with Gasteiger partial charge in [0.1, 0.15) is 37.2 Å². The Bertz CT molecular complexity index is 718. The van der Waals surface area contributed by atoms with Crippen molar-refractivity contribution in [1.29, 1.82) is 5.26 Å². The predicted molar refractivity (Wildman–Crippen MR) is 105 cm³/mol. The van der Waals surface area contributed by atoms with Crippen molar-refractivity contribution < 1.29 is 14.4 Å². The van der Waals surface area contributed by atoms with Crippen molar-refractivity contribution in [2.75, 3.05) is 25.0 Å². The standard InChI is InChI=1S/C21H32N4O2/c1-14-11-24(12-15(2)27-14)13-20(26)23-21-19(10-22)16(3)17(4)25(21)18-8-6-5-7-9-18/h14-15,18H,5-9,11-13H2,1-4H3,(H,23,26)/p+1/t14-,15+. The summed E-state index contributed by atoms with van der Waals surface area (Å²) in [6, 6.07) is 2.71. The highest BCUT2D eigenvalue weighted by Gasteiger charge is 2.29. The number of carbonyl (C=O) groups is 1. The van der Waals surface area contributed by atoms with E-state index in [0.717, 1.165) is 37.2 Å². The molecule has 0 radical (unpaired) electrons. The quantitative estimate of drug-likeness (QED) is 0.849. The van der Waals surface area contributed by atoms with E-state index in [1.807, 2.05) is 6.92 Å². The van der Waals surface area contributed by atoms with Gasteiger partial charge >= 0.3 is 0 Å². The lowest BCUT2D eigenvalue weighted by molar-refractivity contribution is -0.907. The summed E-state index contributed by atoms with van der Waals surface area (Å²) < 4.78 is 8.00. The molecule has 1 aromatic heterocycles. The van der Waals surface area contributed by atoms with Crippen molar-refractivity contribution in [2.45, 2.75) is 78.0 Å². The van der Waals surface area contributed by atoms with Crippen LogP contribution in [-0.2, 0) is 9.53 Å². The van der Waals surface area contributed by atoms with Crippen molar-refractivity contribution in [2.24, 2.45) is 0 Å². The van der Waals surface area contributed by atoms with E-state index in [1.165, 1.54) is 24.2 Å². The summed E-state index contributed by atoms with van der Waals surface area (Å²) in [6.07, 6.45) is 6.27. The number of nitrogens with zero attached hydrogens (tertiary/aromatic N) is 2. The third kappa shape index (κ3) is 4.36. The molecule has 2 aliphatic rings. The first-order valence-electron chi connectivity index (χ1n) is 10.3. The fourth-order valence-corrected chi connectivity index (χ4v) is 4.82. The molecule has 0 aromatic carbocycles. The van der Waals surface area contributed by atoms with Gasteiger partial charge in [0, 0.05) is 11.7 Å². The predicted octanol–water partition coefficient (Wildman–Crippen LogP) is 2.11. The second-order valence-electron chi connectivity index (χ2n) is 8.35. The van der Waals surface area contributed by atoms with Crippen LogP contribution in [0.4, 0.5) is 5.82 Å². The van der Waals surface area contributed by atoms with Crippen LogP contribution in [0, 0.1) is 25.2 Å². The lowest BCUT2D eigenvalue weighted by atomic mass is 9.95. The largest absolute Gasteiger partial charge is 0.364 e. The molecule has 2 N–H and O–H groups in total. The van der Waals surface area contributed by atoms with Crippen LogP contribution < -0.4 is 10.2 Å². The minimum absolute atomic E-state index is 0.0163. The van der Waals surface area contributed by atoms with E-state index in [0.29, 0.717) is 24.0 Å². The zero-order valence-corrected chi connectivity index (χ0v) is 17.1. The smallest absolute Gasteiger partial charge is 0.280 e. The van der Waals surface area contributed by atoms with Gasteiger partial charge in [0.2, 0.25) is 0 Å². The van der Waals surface area contributed by atoms with Gasteiger partial charge in [-0.1, -0.05) is 19.3 Å². The number of hydrogen-bond donors (Lipinski definition) is 2. The molecule has 1 aliphatic carbocycles. The molecule has 1 amide bonds. The third-order valence-electron chi connectivity index (χ3n) is 6.09. The van der Waals surface area contributed by atoms with Gasteiger partial charge in [-0.25, -0.2) is 0 Å². The molecule has 1 aromatic rings. The number of aromatic nitrogens is 1. The summed E-state index contributed by atoms with van der Waals surface area (Å²) >= 11 is 0. The number of morpholine rings is 1. The Morgan fingerprint density at radius 2 is 1.85 bits per heavy atom. The van der Waals surface area contributed by atoms with Gasteiger partial charge in [0.15, 0.2) is 6.54 Å². The Hall–Kier alpha value is -1.84. The maximum absolute atomic E-state index is 12.8. The summed E-state index contributed by atoms with van der Waals surface area (Å²) in [5, 5.41) is 12.8. The number of hydrogen-bond acceptors (Lipinski definition) is 3. The van der Waals surface area contributed by atoms with Gasteiger partial charge in [-0.15, -0.1) is 0 Å². The van der Waals surface area contributed by atoms with Gasteiger partial charge < -0.3 is 19.5 Å². The van der Waals surface area contributed by atoms with E-state index in [2.05, 4.69) is 36.7 Å². The number of carbonyl (C=O) groups excluding carboxylic acids is 1. The molecule has 148 valence electrons. The van der Waals surface area contributed by atoms with Crippen LogP contribution >= 0.6 is 0 Å². The lowest BCUT2D eigenvalue weighted by Gasteiger charge is -2.32. The van der Waals surface area contributed by atoms with Crippen molar-refractivity contribution in [3.8, 4) is 6.07 Å².